The zero-order valence-electron chi connectivity index (χ0n) is 25.8. The van der Waals surface area contributed by atoms with Crippen LogP contribution in [-0.4, -0.2) is 31.9 Å². The van der Waals surface area contributed by atoms with Gasteiger partial charge in [0.05, 0.1) is 14.2 Å². The quantitative estimate of drug-likeness (QED) is 0.0956. The second-order valence-electron chi connectivity index (χ2n) is 10.3. The van der Waals surface area contributed by atoms with Crippen molar-refractivity contribution in [2.75, 3.05) is 24.9 Å². The predicted molar refractivity (Wildman–Crippen MR) is 187 cm³/mol. The van der Waals surface area contributed by atoms with Gasteiger partial charge in [-0.1, -0.05) is 72.8 Å². The van der Waals surface area contributed by atoms with Gasteiger partial charge < -0.3 is 25.4 Å². The number of anilines is 2. The Balaban J connectivity index is 1.38. The topological polar surface area (TPSA) is 106 Å². The Bertz CT molecular complexity index is 1880. The van der Waals surface area contributed by atoms with Crippen LogP contribution in [-0.2, 0) is 9.59 Å². The fraction of sp³-hybridized carbons (Fsp3) is 0.0789. The van der Waals surface area contributed by atoms with Crippen molar-refractivity contribution in [3.63, 3.8) is 0 Å². The number of methoxy groups -OCH3 is 2. The molecule has 0 heterocycles. The molecule has 8 nitrogen and oxygen atoms in total. The van der Waals surface area contributed by atoms with Crippen LogP contribution in [0.2, 0.25) is 0 Å². The maximum Gasteiger partial charge on any atom is 0.272 e. The summed E-state index contributed by atoms with van der Waals surface area (Å²) < 4.78 is 10.6. The van der Waals surface area contributed by atoms with Gasteiger partial charge in [-0.3, -0.25) is 14.4 Å². The summed E-state index contributed by atoms with van der Waals surface area (Å²) >= 11 is 1.35. The van der Waals surface area contributed by atoms with Gasteiger partial charge >= 0.3 is 0 Å². The number of thioether (sulfide) groups is 1. The molecule has 3 amide bonds. The Morgan fingerprint density at radius 3 is 1.98 bits per heavy atom. The van der Waals surface area contributed by atoms with Crippen LogP contribution in [0.1, 0.15) is 26.7 Å². The highest BCUT2D eigenvalue weighted by molar-refractivity contribution is 8.00. The van der Waals surface area contributed by atoms with Crippen molar-refractivity contribution in [3.8, 4) is 11.5 Å². The van der Waals surface area contributed by atoms with E-state index in [4.69, 9.17) is 9.47 Å². The van der Waals surface area contributed by atoms with Crippen molar-refractivity contribution >= 4 is 46.9 Å². The summed E-state index contributed by atoms with van der Waals surface area (Å²) in [6.07, 6.45) is 1.59. The molecule has 47 heavy (non-hydrogen) atoms. The highest BCUT2D eigenvalue weighted by atomic mass is 32.2. The van der Waals surface area contributed by atoms with Gasteiger partial charge in [0, 0.05) is 27.9 Å². The molecule has 0 fully saturated rings. The first-order valence-electron chi connectivity index (χ1n) is 14.7. The van der Waals surface area contributed by atoms with Crippen LogP contribution in [0.5, 0.6) is 11.5 Å². The molecule has 0 aliphatic rings. The van der Waals surface area contributed by atoms with Crippen molar-refractivity contribution in [2.45, 2.75) is 10.1 Å². The molecule has 0 bridgehead atoms. The van der Waals surface area contributed by atoms with E-state index in [1.54, 1.807) is 93.1 Å². The number of carbonyl (C=O) groups excluding carboxylic acids is 3. The number of nitrogens with one attached hydrogen (secondary N) is 3. The average molecular weight is 644 g/mol. The number of hydrogen-bond acceptors (Lipinski definition) is 6. The van der Waals surface area contributed by atoms with Crippen molar-refractivity contribution < 1.29 is 23.9 Å². The van der Waals surface area contributed by atoms with Crippen molar-refractivity contribution in [2.24, 2.45) is 0 Å². The van der Waals surface area contributed by atoms with Crippen LogP contribution in [0, 0.1) is 0 Å². The minimum Gasteiger partial charge on any atom is -0.497 e. The maximum atomic E-state index is 13.7. The summed E-state index contributed by atoms with van der Waals surface area (Å²) in [6.45, 7) is 0. The number of ether oxygens (including phenoxy) is 2. The normalized spacial score (nSPS) is 11.6. The number of carbonyl (C=O) groups is 3. The highest BCUT2D eigenvalue weighted by Gasteiger charge is 2.23. The van der Waals surface area contributed by atoms with Crippen LogP contribution in [0.3, 0.4) is 0 Å². The van der Waals surface area contributed by atoms with E-state index < -0.39 is 17.1 Å². The summed E-state index contributed by atoms with van der Waals surface area (Å²) in [5.74, 6) is 0.0913. The molecule has 5 rings (SSSR count). The monoisotopic (exact) mass is 643 g/mol. The van der Waals surface area contributed by atoms with Crippen LogP contribution in [0.4, 0.5) is 11.4 Å². The summed E-state index contributed by atoms with van der Waals surface area (Å²) in [7, 11) is 3.13. The minimum absolute atomic E-state index is 0.0463. The van der Waals surface area contributed by atoms with Crippen molar-refractivity contribution in [3.05, 3.63) is 156 Å². The Hall–Kier alpha value is -5.80. The zero-order chi connectivity index (χ0) is 33.0. The predicted octanol–water partition coefficient (Wildman–Crippen LogP) is 7.59. The number of hydrogen-bond donors (Lipinski definition) is 3. The van der Waals surface area contributed by atoms with E-state index >= 15 is 0 Å². The summed E-state index contributed by atoms with van der Waals surface area (Å²) in [5, 5.41) is 8.06. The minimum atomic E-state index is -0.595. The van der Waals surface area contributed by atoms with Crippen molar-refractivity contribution in [1.29, 1.82) is 0 Å². The van der Waals surface area contributed by atoms with E-state index in [2.05, 4.69) is 16.0 Å². The lowest BCUT2D eigenvalue weighted by Gasteiger charge is -2.18. The third-order valence-electron chi connectivity index (χ3n) is 6.96. The molecule has 0 aliphatic carbocycles. The van der Waals surface area contributed by atoms with E-state index in [0.29, 0.717) is 34.0 Å². The first-order chi connectivity index (χ1) is 22.9. The molecular formula is C38H33N3O5S. The Morgan fingerprint density at radius 1 is 0.660 bits per heavy atom. The highest BCUT2D eigenvalue weighted by Crippen LogP contribution is 2.37. The second-order valence-corrected chi connectivity index (χ2v) is 11.4. The van der Waals surface area contributed by atoms with E-state index in [0.717, 1.165) is 10.5 Å². The van der Waals surface area contributed by atoms with Crippen LogP contribution < -0.4 is 25.4 Å². The molecule has 0 spiro atoms. The van der Waals surface area contributed by atoms with Gasteiger partial charge in [0.2, 0.25) is 5.91 Å². The summed E-state index contributed by atoms with van der Waals surface area (Å²) in [6, 6.07) is 39.7. The SMILES string of the molecule is COc1cccc(/C=C(\NC(=O)c2ccccc2)C(=O)Nc2cccc(SC(C(=O)Nc3cccc(OC)c3)c3ccccc3)c2)c1. The van der Waals surface area contributed by atoms with Gasteiger partial charge in [-0.15, -0.1) is 11.8 Å². The Kier molecular flexibility index (Phi) is 11.1. The van der Waals surface area contributed by atoms with E-state index in [1.165, 1.54) is 11.8 Å². The molecule has 3 N–H and O–H groups in total. The molecule has 0 saturated heterocycles. The van der Waals surface area contributed by atoms with Crippen LogP contribution in [0.25, 0.3) is 6.08 Å². The van der Waals surface area contributed by atoms with Gasteiger partial charge in [0.15, 0.2) is 0 Å². The summed E-state index contributed by atoms with van der Waals surface area (Å²) in [5.41, 5.74) is 3.05. The Morgan fingerprint density at radius 2 is 1.28 bits per heavy atom. The van der Waals surface area contributed by atoms with E-state index in [9.17, 15) is 14.4 Å². The first-order valence-corrected chi connectivity index (χ1v) is 15.6. The fourth-order valence-electron chi connectivity index (χ4n) is 4.63. The molecule has 1 unspecified atom stereocenters. The van der Waals surface area contributed by atoms with Crippen LogP contribution in [0.15, 0.2) is 144 Å². The van der Waals surface area contributed by atoms with Crippen molar-refractivity contribution in [1.82, 2.24) is 5.32 Å². The van der Waals surface area contributed by atoms with E-state index in [-0.39, 0.29) is 11.6 Å². The third-order valence-corrected chi connectivity index (χ3v) is 8.21. The number of benzene rings is 5. The van der Waals surface area contributed by atoms with Gasteiger partial charge in [0.25, 0.3) is 11.8 Å². The largest absolute Gasteiger partial charge is 0.497 e. The molecule has 1 atom stereocenters. The smallest absolute Gasteiger partial charge is 0.272 e. The molecule has 0 radical (unpaired) electrons. The molecule has 236 valence electrons. The standard InChI is InChI=1S/C38H33N3O5S/c1-45-31-19-9-12-26(22-31)23-34(41-36(42)28-15-7-4-8-16-28)37(43)39-30-18-11-21-33(25-30)47-35(27-13-5-3-6-14-27)38(44)40-29-17-10-20-32(24-29)46-2/h3-25,35H,1-2H3,(H,39,43)(H,40,44)(H,41,42)/b34-23-. The van der Waals surface area contributed by atoms with Gasteiger partial charge in [-0.05, 0) is 71.8 Å². The van der Waals surface area contributed by atoms with E-state index in [1.807, 2.05) is 60.7 Å². The second kappa shape index (κ2) is 16.0. The lowest BCUT2D eigenvalue weighted by atomic mass is 10.1. The summed E-state index contributed by atoms with van der Waals surface area (Å²) in [4.78, 5) is 41.1. The molecular weight excluding hydrogens is 611 g/mol. The molecule has 0 aromatic heterocycles. The van der Waals surface area contributed by atoms with Crippen LogP contribution >= 0.6 is 11.8 Å². The lowest BCUT2D eigenvalue weighted by molar-refractivity contribution is -0.116. The van der Waals surface area contributed by atoms with Gasteiger partial charge in [-0.2, -0.15) is 0 Å². The fourth-order valence-corrected chi connectivity index (χ4v) is 5.71. The maximum absolute atomic E-state index is 13.7. The van der Waals surface area contributed by atoms with Gasteiger partial charge in [0.1, 0.15) is 22.4 Å². The molecule has 9 heteroatoms. The molecule has 0 saturated carbocycles. The average Bonchev–Trinajstić information content (AvgIpc) is 3.11. The molecule has 5 aromatic rings. The molecule has 0 aliphatic heterocycles. The number of rotatable bonds is 12. The Labute approximate surface area is 277 Å². The molecule has 5 aromatic carbocycles. The first kappa shape index (κ1) is 32.6. The lowest BCUT2D eigenvalue weighted by Crippen LogP contribution is -2.30. The zero-order valence-corrected chi connectivity index (χ0v) is 26.6. The van der Waals surface area contributed by atoms with Gasteiger partial charge in [-0.25, -0.2) is 0 Å². The number of amides is 3. The third kappa shape index (κ3) is 9.12.